The van der Waals surface area contributed by atoms with Crippen LogP contribution in [0, 0.1) is 5.82 Å². The van der Waals surface area contributed by atoms with Crippen LogP contribution < -0.4 is 11.1 Å². The zero-order chi connectivity index (χ0) is 12.1. The lowest BCUT2D eigenvalue weighted by atomic mass is 10.1. The number of benzene rings is 1. The highest BCUT2D eigenvalue weighted by Gasteiger charge is 2.15. The normalized spacial score (nSPS) is 12.2. The molecule has 4 N–H and O–H groups in total. The number of hydrogen-bond donors (Lipinski definition) is 3. The molecular weight excluding hydrogens is 211 g/mol. The maximum Gasteiger partial charge on any atom is 0.254 e. The lowest BCUT2D eigenvalue weighted by molar-refractivity contribution is 0.0911. The third-order valence-electron chi connectivity index (χ3n) is 2.28. The second-order valence-electron chi connectivity index (χ2n) is 3.50. The van der Waals surface area contributed by atoms with Crippen molar-refractivity contribution in [2.75, 3.05) is 12.3 Å². The first-order chi connectivity index (χ1) is 7.58. The SMILES string of the molecule is CCC(CO)NC(=O)c1cc(N)ccc1F. The van der Waals surface area contributed by atoms with Gasteiger partial charge in [-0.15, -0.1) is 0 Å². The number of carbonyl (C=O) groups is 1. The summed E-state index contributed by atoms with van der Waals surface area (Å²) in [6.07, 6.45) is 0.576. The van der Waals surface area contributed by atoms with Crippen molar-refractivity contribution in [2.24, 2.45) is 0 Å². The molecule has 5 heteroatoms. The predicted octanol–water partition coefficient (Wildman–Crippen LogP) is 0.909. The van der Waals surface area contributed by atoms with Crippen LogP contribution in [0.5, 0.6) is 0 Å². The standard InChI is InChI=1S/C11H15FN2O2/c1-2-8(6-15)14-11(16)9-5-7(13)3-4-10(9)12/h3-5,8,15H,2,6,13H2,1H3,(H,14,16). The molecular formula is C11H15FN2O2. The van der Waals surface area contributed by atoms with E-state index in [-0.39, 0.29) is 18.2 Å². The van der Waals surface area contributed by atoms with Crippen LogP contribution in [0.4, 0.5) is 10.1 Å². The fourth-order valence-electron chi connectivity index (χ4n) is 1.26. The first-order valence-electron chi connectivity index (χ1n) is 5.05. The summed E-state index contributed by atoms with van der Waals surface area (Å²) in [6, 6.07) is 3.43. The first-order valence-corrected chi connectivity index (χ1v) is 5.05. The summed E-state index contributed by atoms with van der Waals surface area (Å²) < 4.78 is 13.3. The average molecular weight is 226 g/mol. The number of carbonyl (C=O) groups excluding carboxylic acids is 1. The van der Waals surface area contributed by atoms with Gasteiger partial charge in [-0.05, 0) is 24.6 Å². The van der Waals surface area contributed by atoms with Crippen molar-refractivity contribution in [3.8, 4) is 0 Å². The van der Waals surface area contributed by atoms with Crippen molar-refractivity contribution in [3.63, 3.8) is 0 Å². The second kappa shape index (κ2) is 5.46. The summed E-state index contributed by atoms with van der Waals surface area (Å²) in [5.74, 6) is -1.19. The van der Waals surface area contributed by atoms with E-state index in [0.29, 0.717) is 12.1 Å². The highest BCUT2D eigenvalue weighted by molar-refractivity contribution is 5.95. The number of nitrogens with one attached hydrogen (secondary N) is 1. The van der Waals surface area contributed by atoms with E-state index in [1.807, 2.05) is 6.92 Å². The topological polar surface area (TPSA) is 75.3 Å². The largest absolute Gasteiger partial charge is 0.399 e. The summed E-state index contributed by atoms with van der Waals surface area (Å²) in [5.41, 5.74) is 5.68. The number of aliphatic hydroxyl groups is 1. The molecule has 1 rings (SSSR count). The van der Waals surface area contributed by atoms with E-state index < -0.39 is 11.7 Å². The summed E-state index contributed by atoms with van der Waals surface area (Å²) in [6.45, 7) is 1.64. The van der Waals surface area contributed by atoms with Gasteiger partial charge in [-0.2, -0.15) is 0 Å². The van der Waals surface area contributed by atoms with Crippen LogP contribution >= 0.6 is 0 Å². The molecule has 0 bridgehead atoms. The Bertz CT molecular complexity index is 378. The summed E-state index contributed by atoms with van der Waals surface area (Å²) >= 11 is 0. The number of anilines is 1. The third kappa shape index (κ3) is 2.93. The maximum atomic E-state index is 13.3. The van der Waals surface area contributed by atoms with Crippen LogP contribution in [0.3, 0.4) is 0 Å². The number of nitrogens with two attached hydrogens (primary N) is 1. The van der Waals surface area contributed by atoms with Crippen LogP contribution in [0.2, 0.25) is 0 Å². The number of halogens is 1. The summed E-state index contributed by atoms with van der Waals surface area (Å²) in [4.78, 5) is 11.6. The van der Waals surface area contributed by atoms with Gasteiger partial charge in [0, 0.05) is 5.69 Å². The van der Waals surface area contributed by atoms with Crippen molar-refractivity contribution < 1.29 is 14.3 Å². The van der Waals surface area contributed by atoms with E-state index in [4.69, 9.17) is 10.8 Å². The van der Waals surface area contributed by atoms with Crippen molar-refractivity contribution in [1.29, 1.82) is 0 Å². The van der Waals surface area contributed by atoms with Crippen molar-refractivity contribution in [2.45, 2.75) is 19.4 Å². The van der Waals surface area contributed by atoms with Crippen LogP contribution in [0.25, 0.3) is 0 Å². The van der Waals surface area contributed by atoms with Gasteiger partial charge in [-0.1, -0.05) is 6.92 Å². The number of hydrogen-bond acceptors (Lipinski definition) is 3. The molecule has 0 fully saturated rings. The zero-order valence-electron chi connectivity index (χ0n) is 9.03. The van der Waals surface area contributed by atoms with E-state index in [9.17, 15) is 9.18 Å². The first kappa shape index (κ1) is 12.4. The number of nitrogen functional groups attached to an aromatic ring is 1. The molecule has 0 saturated heterocycles. The minimum Gasteiger partial charge on any atom is -0.399 e. The fraction of sp³-hybridized carbons (Fsp3) is 0.364. The van der Waals surface area contributed by atoms with Gasteiger partial charge in [0.1, 0.15) is 5.82 Å². The Morgan fingerprint density at radius 1 is 1.62 bits per heavy atom. The van der Waals surface area contributed by atoms with Gasteiger partial charge in [0.15, 0.2) is 0 Å². The highest BCUT2D eigenvalue weighted by Crippen LogP contribution is 2.12. The molecule has 1 aromatic carbocycles. The van der Waals surface area contributed by atoms with Crippen molar-refractivity contribution in [3.05, 3.63) is 29.6 Å². The Morgan fingerprint density at radius 3 is 2.88 bits per heavy atom. The van der Waals surface area contributed by atoms with Gasteiger partial charge < -0.3 is 16.2 Å². The van der Waals surface area contributed by atoms with Gasteiger partial charge in [-0.25, -0.2) is 4.39 Å². The molecule has 16 heavy (non-hydrogen) atoms. The molecule has 88 valence electrons. The second-order valence-corrected chi connectivity index (χ2v) is 3.50. The Balaban J connectivity index is 2.83. The molecule has 0 aliphatic heterocycles. The Hall–Kier alpha value is -1.62. The van der Waals surface area contributed by atoms with Crippen molar-refractivity contribution in [1.82, 2.24) is 5.32 Å². The number of amides is 1. The molecule has 4 nitrogen and oxygen atoms in total. The molecule has 0 spiro atoms. The molecule has 1 aromatic rings. The third-order valence-corrected chi connectivity index (χ3v) is 2.28. The maximum absolute atomic E-state index is 13.3. The van der Waals surface area contributed by atoms with Gasteiger partial charge in [0.2, 0.25) is 0 Å². The van der Waals surface area contributed by atoms with Crippen molar-refractivity contribution >= 4 is 11.6 Å². The van der Waals surface area contributed by atoms with Gasteiger partial charge >= 0.3 is 0 Å². The molecule has 0 aliphatic rings. The Morgan fingerprint density at radius 2 is 2.31 bits per heavy atom. The smallest absolute Gasteiger partial charge is 0.254 e. The Kier molecular flexibility index (Phi) is 4.25. The molecule has 1 unspecified atom stereocenters. The van der Waals surface area contributed by atoms with E-state index >= 15 is 0 Å². The lowest BCUT2D eigenvalue weighted by Crippen LogP contribution is -2.37. The van der Waals surface area contributed by atoms with Gasteiger partial charge in [0.25, 0.3) is 5.91 Å². The molecule has 1 amide bonds. The Labute approximate surface area is 93.3 Å². The van der Waals surface area contributed by atoms with Gasteiger partial charge in [0.05, 0.1) is 18.2 Å². The fourth-order valence-corrected chi connectivity index (χ4v) is 1.26. The molecule has 0 aliphatic carbocycles. The molecule has 0 aromatic heterocycles. The molecule has 0 saturated carbocycles. The van der Waals surface area contributed by atoms with Crippen LogP contribution in [0.15, 0.2) is 18.2 Å². The monoisotopic (exact) mass is 226 g/mol. The van der Waals surface area contributed by atoms with Gasteiger partial charge in [-0.3, -0.25) is 4.79 Å². The highest BCUT2D eigenvalue weighted by atomic mass is 19.1. The number of rotatable bonds is 4. The molecule has 0 heterocycles. The van der Waals surface area contributed by atoms with Crippen LogP contribution in [-0.2, 0) is 0 Å². The lowest BCUT2D eigenvalue weighted by Gasteiger charge is -2.14. The van der Waals surface area contributed by atoms with E-state index in [1.165, 1.54) is 12.1 Å². The number of aliphatic hydroxyl groups excluding tert-OH is 1. The van der Waals surface area contributed by atoms with Crippen LogP contribution in [0.1, 0.15) is 23.7 Å². The average Bonchev–Trinajstić information content (AvgIpc) is 2.28. The molecule has 0 radical (unpaired) electrons. The molecule has 1 atom stereocenters. The quantitative estimate of drug-likeness (QED) is 0.668. The zero-order valence-corrected chi connectivity index (χ0v) is 9.03. The summed E-state index contributed by atoms with van der Waals surface area (Å²) in [7, 11) is 0. The van der Waals surface area contributed by atoms with Crippen LogP contribution in [-0.4, -0.2) is 23.7 Å². The minimum atomic E-state index is -0.625. The minimum absolute atomic E-state index is 0.105. The van der Waals surface area contributed by atoms with E-state index in [0.717, 1.165) is 6.07 Å². The van der Waals surface area contributed by atoms with E-state index in [1.54, 1.807) is 0 Å². The summed E-state index contributed by atoms with van der Waals surface area (Å²) in [5, 5.41) is 11.4. The van der Waals surface area contributed by atoms with E-state index in [2.05, 4.69) is 5.32 Å². The predicted molar refractivity (Wildman–Crippen MR) is 59.4 cm³/mol.